The van der Waals surface area contributed by atoms with Gasteiger partial charge in [0.25, 0.3) is 0 Å². The lowest BCUT2D eigenvalue weighted by Crippen LogP contribution is -2.15. The van der Waals surface area contributed by atoms with Gasteiger partial charge >= 0.3 is 6.01 Å². The highest BCUT2D eigenvalue weighted by molar-refractivity contribution is 5.24. The van der Waals surface area contributed by atoms with Gasteiger partial charge in [-0.15, -0.1) is 0 Å². The maximum absolute atomic E-state index is 5.30. The Labute approximate surface area is 88.2 Å². The smallest absolute Gasteiger partial charge is 0.321 e. The molecule has 1 aliphatic heterocycles. The van der Waals surface area contributed by atoms with Crippen LogP contribution in [0.15, 0.2) is 4.52 Å². The van der Waals surface area contributed by atoms with Crippen molar-refractivity contribution in [3.05, 3.63) is 5.82 Å². The topological polar surface area (TPSA) is 60.2 Å². The molecule has 1 aliphatic carbocycles. The first kappa shape index (κ1) is 9.15. The van der Waals surface area contributed by atoms with E-state index in [9.17, 15) is 0 Å². The molecule has 2 aliphatic rings. The van der Waals surface area contributed by atoms with E-state index in [2.05, 4.69) is 15.5 Å². The molecule has 2 fully saturated rings. The highest BCUT2D eigenvalue weighted by atomic mass is 16.5. The Kier molecular flexibility index (Phi) is 2.32. The van der Waals surface area contributed by atoms with Crippen LogP contribution in [0.3, 0.4) is 0 Å². The summed E-state index contributed by atoms with van der Waals surface area (Å²) in [6.07, 6.45) is 4.44. The number of nitrogens with zero attached hydrogens (tertiary/aromatic N) is 2. The zero-order valence-corrected chi connectivity index (χ0v) is 8.61. The minimum atomic E-state index is 0.414. The molecule has 5 nitrogen and oxygen atoms in total. The predicted octanol–water partition coefficient (Wildman–Crippen LogP) is 1.54. The third-order valence-corrected chi connectivity index (χ3v) is 2.93. The van der Waals surface area contributed by atoms with Crippen LogP contribution in [-0.2, 0) is 4.74 Å². The maximum atomic E-state index is 5.30. The lowest BCUT2D eigenvalue weighted by Gasteiger charge is -2.18. The van der Waals surface area contributed by atoms with E-state index in [1.807, 2.05) is 0 Å². The quantitative estimate of drug-likeness (QED) is 0.818. The van der Waals surface area contributed by atoms with Crippen LogP contribution >= 0.6 is 0 Å². The monoisotopic (exact) mass is 209 g/mol. The average molecular weight is 209 g/mol. The van der Waals surface area contributed by atoms with E-state index in [0.717, 1.165) is 31.9 Å². The number of hydrogen-bond donors (Lipinski definition) is 1. The molecule has 15 heavy (non-hydrogen) atoms. The molecule has 1 N–H and O–H groups in total. The van der Waals surface area contributed by atoms with Crippen LogP contribution in [0.4, 0.5) is 6.01 Å². The Bertz CT molecular complexity index is 329. The number of anilines is 1. The fourth-order valence-electron chi connectivity index (χ4n) is 1.82. The molecule has 0 radical (unpaired) electrons. The molecule has 0 atom stereocenters. The Balaban J connectivity index is 1.65. The van der Waals surface area contributed by atoms with Crippen LogP contribution in [0, 0.1) is 0 Å². The Hall–Kier alpha value is -1.10. The summed E-state index contributed by atoms with van der Waals surface area (Å²) in [4.78, 5) is 4.37. The normalized spacial score (nSPS) is 22.9. The molecule has 82 valence electrons. The van der Waals surface area contributed by atoms with Gasteiger partial charge in [0, 0.05) is 25.2 Å². The Morgan fingerprint density at radius 1 is 1.13 bits per heavy atom. The van der Waals surface area contributed by atoms with Crippen molar-refractivity contribution in [3.8, 4) is 0 Å². The van der Waals surface area contributed by atoms with Crippen molar-refractivity contribution in [2.75, 3.05) is 18.5 Å². The minimum Gasteiger partial charge on any atom is -0.381 e. The average Bonchev–Trinajstić information content (AvgIpc) is 2.96. The van der Waals surface area contributed by atoms with E-state index in [4.69, 9.17) is 9.26 Å². The SMILES string of the molecule is C1CC(c2noc(NC3CC3)n2)CCO1. The van der Waals surface area contributed by atoms with Crippen LogP contribution in [0.1, 0.15) is 37.4 Å². The standard InChI is InChI=1S/C10H15N3O2/c1-2-8(1)11-10-12-9(13-15-10)7-3-5-14-6-4-7/h7-8H,1-6H2,(H,11,12,13). The van der Waals surface area contributed by atoms with E-state index < -0.39 is 0 Å². The summed E-state index contributed by atoms with van der Waals surface area (Å²) in [6, 6.07) is 1.15. The molecular formula is C10H15N3O2. The summed E-state index contributed by atoms with van der Waals surface area (Å²) in [5.41, 5.74) is 0. The fourth-order valence-corrected chi connectivity index (χ4v) is 1.82. The largest absolute Gasteiger partial charge is 0.381 e. The lowest BCUT2D eigenvalue weighted by molar-refractivity contribution is 0.0830. The molecule has 2 heterocycles. The lowest BCUT2D eigenvalue weighted by atomic mass is 10.00. The molecule has 0 unspecified atom stereocenters. The molecular weight excluding hydrogens is 194 g/mol. The fraction of sp³-hybridized carbons (Fsp3) is 0.800. The zero-order chi connectivity index (χ0) is 10.1. The van der Waals surface area contributed by atoms with Gasteiger partial charge in [0.15, 0.2) is 5.82 Å². The van der Waals surface area contributed by atoms with Crippen molar-refractivity contribution in [1.29, 1.82) is 0 Å². The van der Waals surface area contributed by atoms with E-state index in [-0.39, 0.29) is 0 Å². The highest BCUT2D eigenvalue weighted by Crippen LogP contribution is 2.27. The van der Waals surface area contributed by atoms with Crippen molar-refractivity contribution in [1.82, 2.24) is 10.1 Å². The molecule has 0 amide bonds. The third-order valence-electron chi connectivity index (χ3n) is 2.93. The molecule has 0 aromatic carbocycles. The second-order valence-corrected chi connectivity index (χ2v) is 4.26. The van der Waals surface area contributed by atoms with E-state index in [1.54, 1.807) is 0 Å². The van der Waals surface area contributed by atoms with Gasteiger partial charge in [0.05, 0.1) is 0 Å². The number of ether oxygens (including phenoxy) is 1. The van der Waals surface area contributed by atoms with Crippen molar-refractivity contribution >= 4 is 6.01 Å². The maximum Gasteiger partial charge on any atom is 0.321 e. The van der Waals surface area contributed by atoms with Gasteiger partial charge in [-0.1, -0.05) is 5.16 Å². The predicted molar refractivity (Wildman–Crippen MR) is 53.7 cm³/mol. The van der Waals surface area contributed by atoms with Crippen LogP contribution in [0.25, 0.3) is 0 Å². The van der Waals surface area contributed by atoms with E-state index >= 15 is 0 Å². The summed E-state index contributed by atoms with van der Waals surface area (Å²) >= 11 is 0. The van der Waals surface area contributed by atoms with Crippen LogP contribution < -0.4 is 5.32 Å². The molecule has 1 aromatic heterocycles. The molecule has 5 heteroatoms. The highest BCUT2D eigenvalue weighted by Gasteiger charge is 2.25. The van der Waals surface area contributed by atoms with Gasteiger partial charge in [-0.3, -0.25) is 0 Å². The summed E-state index contributed by atoms with van der Waals surface area (Å²) in [6.45, 7) is 1.62. The van der Waals surface area contributed by atoms with E-state index in [1.165, 1.54) is 12.8 Å². The molecule has 1 aromatic rings. The van der Waals surface area contributed by atoms with Gasteiger partial charge in [-0.25, -0.2) is 0 Å². The molecule has 1 saturated carbocycles. The molecule has 3 rings (SSSR count). The first-order chi connectivity index (χ1) is 7.42. The first-order valence-corrected chi connectivity index (χ1v) is 5.60. The molecule has 0 spiro atoms. The number of hydrogen-bond acceptors (Lipinski definition) is 5. The number of aromatic nitrogens is 2. The molecule has 0 bridgehead atoms. The van der Waals surface area contributed by atoms with Crippen molar-refractivity contribution in [2.45, 2.75) is 37.6 Å². The van der Waals surface area contributed by atoms with Crippen LogP contribution in [0.2, 0.25) is 0 Å². The van der Waals surface area contributed by atoms with Gasteiger partial charge in [0.2, 0.25) is 0 Å². The Morgan fingerprint density at radius 2 is 1.93 bits per heavy atom. The van der Waals surface area contributed by atoms with Crippen molar-refractivity contribution < 1.29 is 9.26 Å². The molecule has 1 saturated heterocycles. The van der Waals surface area contributed by atoms with Crippen molar-refractivity contribution in [3.63, 3.8) is 0 Å². The summed E-state index contributed by atoms with van der Waals surface area (Å²) in [7, 11) is 0. The summed E-state index contributed by atoms with van der Waals surface area (Å²) in [5.74, 6) is 1.25. The summed E-state index contributed by atoms with van der Waals surface area (Å²) in [5, 5.41) is 7.22. The Morgan fingerprint density at radius 3 is 2.67 bits per heavy atom. The van der Waals surface area contributed by atoms with Crippen LogP contribution in [-0.4, -0.2) is 29.4 Å². The van der Waals surface area contributed by atoms with Gasteiger partial charge in [-0.2, -0.15) is 4.98 Å². The van der Waals surface area contributed by atoms with Crippen molar-refractivity contribution in [2.24, 2.45) is 0 Å². The summed E-state index contributed by atoms with van der Waals surface area (Å²) < 4.78 is 10.5. The van der Waals surface area contributed by atoms with Gasteiger partial charge in [0.1, 0.15) is 0 Å². The van der Waals surface area contributed by atoms with E-state index in [0.29, 0.717) is 18.0 Å². The van der Waals surface area contributed by atoms with Gasteiger partial charge < -0.3 is 14.6 Å². The zero-order valence-electron chi connectivity index (χ0n) is 8.61. The minimum absolute atomic E-state index is 0.414. The second-order valence-electron chi connectivity index (χ2n) is 4.26. The number of rotatable bonds is 3. The first-order valence-electron chi connectivity index (χ1n) is 5.60. The third kappa shape index (κ3) is 2.12. The van der Waals surface area contributed by atoms with Crippen LogP contribution in [0.5, 0.6) is 0 Å². The van der Waals surface area contributed by atoms with Gasteiger partial charge in [-0.05, 0) is 25.7 Å². The number of nitrogens with one attached hydrogen (secondary N) is 1. The second kappa shape index (κ2) is 3.81.